The number of carbonyl (C=O) groups is 2. The third-order valence-corrected chi connectivity index (χ3v) is 6.96. The van der Waals surface area contributed by atoms with Gasteiger partial charge in [0, 0.05) is 5.57 Å². The molecular weight excluding hydrogens is 444 g/mol. The fraction of sp³-hybridized carbons (Fsp3) is 0.429. The average Bonchev–Trinajstić information content (AvgIpc) is 3.13. The molecule has 0 saturated carbocycles. The molecular formula is C28H34N2O5. The fourth-order valence-corrected chi connectivity index (χ4v) is 4.73. The number of rotatable bonds is 8. The maximum absolute atomic E-state index is 13.7. The average molecular weight is 479 g/mol. The fourth-order valence-electron chi connectivity index (χ4n) is 4.73. The lowest BCUT2D eigenvalue weighted by molar-refractivity contribution is -0.895. The minimum atomic E-state index is -0.725. The zero-order chi connectivity index (χ0) is 25.1. The van der Waals surface area contributed by atoms with Crippen molar-refractivity contribution in [1.29, 1.82) is 0 Å². The van der Waals surface area contributed by atoms with E-state index in [4.69, 9.17) is 9.47 Å². The molecule has 2 aliphatic heterocycles. The summed E-state index contributed by atoms with van der Waals surface area (Å²) in [6.45, 7) is 12.2. The molecule has 0 bridgehead atoms. The first-order chi connectivity index (χ1) is 16.8. The number of nitrogens with zero attached hydrogens (tertiary/aromatic N) is 1. The summed E-state index contributed by atoms with van der Waals surface area (Å²) >= 11 is 0. The molecule has 0 spiro atoms. The van der Waals surface area contributed by atoms with E-state index < -0.39 is 23.5 Å². The zero-order valence-electron chi connectivity index (χ0n) is 20.9. The van der Waals surface area contributed by atoms with Gasteiger partial charge in [-0.1, -0.05) is 49.9 Å². The van der Waals surface area contributed by atoms with Crippen LogP contribution < -0.4 is 19.5 Å². The molecule has 1 amide bonds. The van der Waals surface area contributed by atoms with Gasteiger partial charge in [-0.15, -0.1) is 0 Å². The van der Waals surface area contributed by atoms with Crippen LogP contribution in [0.25, 0.3) is 5.76 Å². The molecule has 7 nitrogen and oxygen atoms in total. The Bertz CT molecular complexity index is 1120. The molecule has 0 aromatic heterocycles. The number of benzene rings is 2. The number of hydrogen-bond acceptors (Lipinski definition) is 5. The van der Waals surface area contributed by atoms with Crippen molar-refractivity contribution in [2.45, 2.75) is 39.7 Å². The van der Waals surface area contributed by atoms with Crippen LogP contribution in [0.5, 0.6) is 11.5 Å². The Morgan fingerprint density at radius 2 is 1.69 bits per heavy atom. The van der Waals surface area contributed by atoms with E-state index in [1.807, 2.05) is 24.3 Å². The molecule has 35 heavy (non-hydrogen) atoms. The number of ether oxygens (including phenoxy) is 2. The van der Waals surface area contributed by atoms with Crippen molar-refractivity contribution >= 4 is 17.4 Å². The predicted molar refractivity (Wildman–Crippen MR) is 131 cm³/mol. The summed E-state index contributed by atoms with van der Waals surface area (Å²) in [4.78, 5) is 29.3. The Labute approximate surface area is 206 Å². The topological polar surface area (TPSA) is 83.3 Å². The van der Waals surface area contributed by atoms with Crippen LogP contribution in [0.1, 0.15) is 56.3 Å². The van der Waals surface area contributed by atoms with E-state index in [1.165, 1.54) is 4.90 Å². The van der Waals surface area contributed by atoms with Crippen molar-refractivity contribution < 1.29 is 29.1 Å². The first-order valence-electron chi connectivity index (χ1n) is 12.5. The monoisotopic (exact) mass is 478 g/mol. The zero-order valence-corrected chi connectivity index (χ0v) is 20.9. The maximum atomic E-state index is 13.7. The Kier molecular flexibility index (Phi) is 7.45. The number of carbonyl (C=O) groups excluding carboxylic acids is 2. The molecule has 4 rings (SSSR count). The SMILES string of the molecule is CC[NH+](CC)CCN1C(=O)C(=O)C(=C([O-])c2ccc3c(c2)OCCO3)C1c1ccc(C(C)C)cc1. The van der Waals surface area contributed by atoms with Gasteiger partial charge in [0.15, 0.2) is 11.5 Å². The molecule has 1 fully saturated rings. The summed E-state index contributed by atoms with van der Waals surface area (Å²) in [5.74, 6) is -0.402. The second kappa shape index (κ2) is 10.5. The molecule has 1 N–H and O–H groups in total. The number of hydrogen-bond donors (Lipinski definition) is 1. The van der Waals surface area contributed by atoms with E-state index in [0.717, 1.165) is 24.2 Å². The first kappa shape index (κ1) is 24.8. The van der Waals surface area contributed by atoms with Crippen LogP contribution in [0.2, 0.25) is 0 Å². The molecule has 186 valence electrons. The highest BCUT2D eigenvalue weighted by atomic mass is 16.6. The number of quaternary nitrogens is 1. The Morgan fingerprint density at radius 1 is 1.03 bits per heavy atom. The number of ketones is 1. The van der Waals surface area contributed by atoms with Gasteiger partial charge in [-0.2, -0.15) is 0 Å². The van der Waals surface area contributed by atoms with E-state index in [9.17, 15) is 14.7 Å². The number of likely N-dealkylation sites (N-methyl/N-ethyl adjacent to an activating group) is 1. The lowest BCUT2D eigenvalue weighted by atomic mass is 9.93. The van der Waals surface area contributed by atoms with Crippen molar-refractivity contribution in [3.63, 3.8) is 0 Å². The quantitative estimate of drug-likeness (QED) is 0.355. The molecule has 2 aromatic rings. The Hall–Kier alpha value is -3.32. The predicted octanol–water partition coefficient (Wildman–Crippen LogP) is 1.73. The highest BCUT2D eigenvalue weighted by molar-refractivity contribution is 6.46. The molecule has 2 aromatic carbocycles. The van der Waals surface area contributed by atoms with Crippen LogP contribution in [0.3, 0.4) is 0 Å². The van der Waals surface area contributed by atoms with E-state index in [1.54, 1.807) is 23.1 Å². The van der Waals surface area contributed by atoms with E-state index >= 15 is 0 Å². The Morgan fingerprint density at radius 3 is 2.31 bits per heavy atom. The summed E-state index contributed by atoms with van der Waals surface area (Å²) in [6, 6.07) is 12.1. The Balaban J connectivity index is 1.78. The van der Waals surface area contributed by atoms with Crippen molar-refractivity contribution in [2.24, 2.45) is 0 Å². The van der Waals surface area contributed by atoms with Gasteiger partial charge < -0.3 is 24.4 Å². The van der Waals surface area contributed by atoms with Crippen molar-refractivity contribution in [2.75, 3.05) is 39.4 Å². The van der Waals surface area contributed by atoms with Crippen molar-refractivity contribution in [1.82, 2.24) is 4.90 Å². The minimum absolute atomic E-state index is 0.00137. The number of nitrogens with one attached hydrogen (secondary N) is 1. The first-order valence-corrected chi connectivity index (χ1v) is 12.5. The van der Waals surface area contributed by atoms with E-state index in [2.05, 4.69) is 27.7 Å². The standard InChI is InChI=1S/C28H34N2O5/c1-5-29(6-2)13-14-30-25(20-9-7-19(8-10-20)18(3)4)24(27(32)28(30)33)26(31)21-11-12-22-23(17-21)35-16-15-34-22/h7-12,17-18,25,31H,5-6,13-16H2,1-4H3. The molecule has 7 heteroatoms. The molecule has 0 radical (unpaired) electrons. The summed E-state index contributed by atoms with van der Waals surface area (Å²) in [6.07, 6.45) is 0. The van der Waals surface area contributed by atoms with Crippen molar-refractivity contribution in [3.8, 4) is 11.5 Å². The van der Waals surface area contributed by atoms with Gasteiger partial charge in [0.25, 0.3) is 5.91 Å². The van der Waals surface area contributed by atoms with E-state index in [-0.39, 0.29) is 5.57 Å². The largest absolute Gasteiger partial charge is 0.872 e. The van der Waals surface area contributed by atoms with Crippen LogP contribution >= 0.6 is 0 Å². The third kappa shape index (κ3) is 4.91. The van der Waals surface area contributed by atoms with Gasteiger partial charge in [0.2, 0.25) is 5.78 Å². The van der Waals surface area contributed by atoms with Crippen LogP contribution in [-0.2, 0) is 9.59 Å². The van der Waals surface area contributed by atoms with Gasteiger partial charge in [-0.3, -0.25) is 9.59 Å². The molecule has 1 atom stereocenters. The van der Waals surface area contributed by atoms with Gasteiger partial charge >= 0.3 is 0 Å². The van der Waals surface area contributed by atoms with E-state index in [0.29, 0.717) is 49.3 Å². The maximum Gasteiger partial charge on any atom is 0.295 e. The van der Waals surface area contributed by atoms with Gasteiger partial charge in [-0.05, 0) is 48.6 Å². The number of likely N-dealkylation sites (tertiary alicyclic amines) is 1. The highest BCUT2D eigenvalue weighted by Crippen LogP contribution is 2.40. The normalized spacial score (nSPS) is 19.1. The lowest BCUT2D eigenvalue weighted by Gasteiger charge is -2.29. The molecule has 1 saturated heterocycles. The van der Waals surface area contributed by atoms with Crippen molar-refractivity contribution in [3.05, 3.63) is 64.7 Å². The van der Waals surface area contributed by atoms with Gasteiger partial charge in [0.05, 0.1) is 32.2 Å². The van der Waals surface area contributed by atoms with Crippen LogP contribution in [-0.4, -0.2) is 56.0 Å². The summed E-state index contributed by atoms with van der Waals surface area (Å²) in [5.41, 5.74) is 2.23. The van der Waals surface area contributed by atoms with Crippen LogP contribution in [0.4, 0.5) is 0 Å². The second-order valence-corrected chi connectivity index (χ2v) is 9.36. The number of fused-ring (bicyclic) bond motifs is 1. The molecule has 2 heterocycles. The number of amides is 1. The number of Topliss-reactive ketones (excluding diaryl/α,β-unsaturated/α-hetero) is 1. The highest BCUT2D eigenvalue weighted by Gasteiger charge is 2.44. The van der Waals surface area contributed by atoms with Crippen LogP contribution in [0, 0.1) is 0 Å². The molecule has 1 unspecified atom stereocenters. The summed E-state index contributed by atoms with van der Waals surface area (Å²) in [5, 5.41) is 13.7. The molecule has 0 aliphatic carbocycles. The van der Waals surface area contributed by atoms with Crippen LogP contribution in [0.15, 0.2) is 48.0 Å². The third-order valence-electron chi connectivity index (χ3n) is 6.96. The minimum Gasteiger partial charge on any atom is -0.872 e. The second-order valence-electron chi connectivity index (χ2n) is 9.36. The lowest BCUT2D eigenvalue weighted by Crippen LogP contribution is -3.12. The molecule has 2 aliphatic rings. The summed E-state index contributed by atoms with van der Waals surface area (Å²) in [7, 11) is 0. The van der Waals surface area contributed by atoms with Gasteiger partial charge in [-0.25, -0.2) is 0 Å². The summed E-state index contributed by atoms with van der Waals surface area (Å²) < 4.78 is 11.2. The van der Waals surface area contributed by atoms with Gasteiger partial charge in [0.1, 0.15) is 13.2 Å². The smallest absolute Gasteiger partial charge is 0.295 e.